The van der Waals surface area contributed by atoms with Crippen LogP contribution >= 0.6 is 0 Å². The summed E-state index contributed by atoms with van der Waals surface area (Å²) in [5.41, 5.74) is 1.26. The summed E-state index contributed by atoms with van der Waals surface area (Å²) >= 11 is 0. The van der Waals surface area contributed by atoms with Gasteiger partial charge in [-0.2, -0.15) is 0 Å². The van der Waals surface area contributed by atoms with Crippen LogP contribution in [0.2, 0.25) is 0 Å². The summed E-state index contributed by atoms with van der Waals surface area (Å²) in [5.74, 6) is 0. The fraction of sp³-hybridized carbons (Fsp3) is 0.455. The molecule has 0 N–H and O–H groups in total. The summed E-state index contributed by atoms with van der Waals surface area (Å²) in [7, 11) is 0. The van der Waals surface area contributed by atoms with Crippen LogP contribution in [-0.2, 0) is 0 Å². The third-order valence-electron chi connectivity index (χ3n) is 2.39. The van der Waals surface area contributed by atoms with E-state index in [-0.39, 0.29) is 0 Å². The summed E-state index contributed by atoms with van der Waals surface area (Å²) in [4.78, 5) is 2.42. The largest absolute Gasteiger partial charge is 0.371 e. The van der Waals surface area contributed by atoms with E-state index < -0.39 is 0 Å². The minimum Gasteiger partial charge on any atom is -0.371 e. The molecule has 0 atom stereocenters. The number of nitrogens with zero attached hydrogens (tertiary/aromatic N) is 1. The minimum atomic E-state index is 1.21. The maximum atomic E-state index is 3.26. The van der Waals surface area contributed by atoms with Crippen LogP contribution < -0.4 is 4.90 Å². The van der Waals surface area contributed by atoms with E-state index in [2.05, 4.69) is 23.1 Å². The van der Waals surface area contributed by atoms with Gasteiger partial charge in [0.25, 0.3) is 0 Å². The van der Waals surface area contributed by atoms with Crippen molar-refractivity contribution in [1.29, 1.82) is 0 Å². The van der Waals surface area contributed by atoms with Gasteiger partial charge in [0.1, 0.15) is 0 Å². The Morgan fingerprint density at radius 2 is 1.92 bits per heavy atom. The Morgan fingerprint density at radius 1 is 1.08 bits per heavy atom. The lowest BCUT2D eigenvalue weighted by molar-refractivity contribution is 0.577. The molecule has 1 aromatic rings. The number of anilines is 1. The van der Waals surface area contributed by atoms with Gasteiger partial charge in [0.05, 0.1) is 0 Å². The standard InChI is InChI=1S/C11H14N/c1-3-7-11(8-4-1)12-9-5-2-6-10-12/h1,3-4,7H,2,5-6,9-10H2. The maximum Gasteiger partial charge on any atom is 0.0446 e. The van der Waals surface area contributed by atoms with Crippen molar-refractivity contribution >= 4 is 5.69 Å². The molecule has 1 saturated heterocycles. The number of piperidine rings is 1. The van der Waals surface area contributed by atoms with Crippen molar-refractivity contribution < 1.29 is 0 Å². The Kier molecular flexibility index (Phi) is 2.31. The first-order valence-corrected chi connectivity index (χ1v) is 4.68. The molecule has 0 saturated carbocycles. The van der Waals surface area contributed by atoms with Crippen LogP contribution in [0.5, 0.6) is 0 Å². The van der Waals surface area contributed by atoms with Gasteiger partial charge in [-0.25, -0.2) is 0 Å². The van der Waals surface area contributed by atoms with Crippen molar-refractivity contribution in [3.05, 3.63) is 30.3 Å². The molecule has 0 bridgehead atoms. The Labute approximate surface area is 74.0 Å². The number of hydrogen-bond acceptors (Lipinski definition) is 1. The quantitative estimate of drug-likeness (QED) is 0.610. The highest BCUT2D eigenvalue weighted by Gasteiger charge is 2.09. The molecule has 1 aromatic carbocycles. The molecule has 1 aliphatic heterocycles. The van der Waals surface area contributed by atoms with Crippen LogP contribution in [0.25, 0.3) is 0 Å². The number of benzene rings is 1. The molecule has 0 unspecified atom stereocenters. The van der Waals surface area contributed by atoms with Gasteiger partial charge in [-0.05, 0) is 25.3 Å². The Balaban J connectivity index is 2.08. The predicted molar refractivity (Wildman–Crippen MR) is 51.3 cm³/mol. The molecule has 1 heterocycles. The molecule has 1 radical (unpaired) electrons. The number of rotatable bonds is 1. The maximum absolute atomic E-state index is 3.26. The average Bonchev–Trinajstić information content (AvgIpc) is 2.21. The van der Waals surface area contributed by atoms with E-state index in [1.807, 2.05) is 12.1 Å². The molecular weight excluding hydrogens is 146 g/mol. The zero-order chi connectivity index (χ0) is 8.23. The molecule has 0 amide bonds. The van der Waals surface area contributed by atoms with Gasteiger partial charge in [-0.15, -0.1) is 0 Å². The van der Waals surface area contributed by atoms with E-state index >= 15 is 0 Å². The van der Waals surface area contributed by atoms with Crippen molar-refractivity contribution in [3.63, 3.8) is 0 Å². The average molecular weight is 160 g/mol. The van der Waals surface area contributed by atoms with E-state index in [0.717, 1.165) is 0 Å². The van der Waals surface area contributed by atoms with E-state index in [4.69, 9.17) is 0 Å². The highest BCUT2D eigenvalue weighted by Crippen LogP contribution is 2.17. The lowest BCUT2D eigenvalue weighted by Crippen LogP contribution is -2.29. The molecule has 1 aliphatic rings. The molecule has 12 heavy (non-hydrogen) atoms. The third-order valence-corrected chi connectivity index (χ3v) is 2.39. The van der Waals surface area contributed by atoms with Crippen LogP contribution in [0.1, 0.15) is 19.3 Å². The molecule has 1 heteroatoms. The van der Waals surface area contributed by atoms with Crippen LogP contribution in [0.4, 0.5) is 5.69 Å². The predicted octanol–water partition coefficient (Wildman–Crippen LogP) is 2.48. The number of para-hydroxylation sites is 1. The highest BCUT2D eigenvalue weighted by molar-refractivity contribution is 5.44. The second-order valence-corrected chi connectivity index (χ2v) is 3.30. The normalized spacial score (nSPS) is 17.8. The molecular formula is C11H14N. The summed E-state index contributed by atoms with van der Waals surface area (Å²) in [6.45, 7) is 2.42. The summed E-state index contributed by atoms with van der Waals surface area (Å²) < 4.78 is 0. The smallest absolute Gasteiger partial charge is 0.0446 e. The van der Waals surface area contributed by atoms with Crippen LogP contribution in [0.3, 0.4) is 0 Å². The van der Waals surface area contributed by atoms with Gasteiger partial charge < -0.3 is 4.90 Å². The van der Waals surface area contributed by atoms with Crippen LogP contribution in [0, 0.1) is 6.07 Å². The van der Waals surface area contributed by atoms with Crippen molar-refractivity contribution in [1.82, 2.24) is 0 Å². The van der Waals surface area contributed by atoms with Gasteiger partial charge in [-0.3, -0.25) is 0 Å². The second-order valence-electron chi connectivity index (χ2n) is 3.30. The molecule has 0 aromatic heterocycles. The van der Waals surface area contributed by atoms with Crippen LogP contribution in [0.15, 0.2) is 24.3 Å². The fourth-order valence-electron chi connectivity index (χ4n) is 1.72. The third kappa shape index (κ3) is 1.60. The van der Waals surface area contributed by atoms with Crippen molar-refractivity contribution in [3.8, 4) is 0 Å². The molecule has 2 rings (SSSR count). The van der Waals surface area contributed by atoms with Crippen molar-refractivity contribution in [2.75, 3.05) is 18.0 Å². The van der Waals surface area contributed by atoms with E-state index in [9.17, 15) is 0 Å². The summed E-state index contributed by atoms with van der Waals surface area (Å²) in [6.07, 6.45) is 4.06. The molecule has 0 spiro atoms. The summed E-state index contributed by atoms with van der Waals surface area (Å²) in [5, 5.41) is 0. The zero-order valence-electron chi connectivity index (χ0n) is 7.29. The molecule has 63 valence electrons. The Hall–Kier alpha value is -0.980. The second kappa shape index (κ2) is 3.61. The molecule has 1 nitrogen and oxygen atoms in total. The van der Waals surface area contributed by atoms with Crippen LogP contribution in [-0.4, -0.2) is 13.1 Å². The van der Waals surface area contributed by atoms with Crippen molar-refractivity contribution in [2.45, 2.75) is 19.3 Å². The Bertz CT molecular complexity index is 224. The Morgan fingerprint density at radius 3 is 2.58 bits per heavy atom. The highest BCUT2D eigenvalue weighted by atomic mass is 15.1. The zero-order valence-corrected chi connectivity index (χ0v) is 7.29. The SMILES string of the molecule is [c]1ccccc1N1CCCCC1. The van der Waals surface area contributed by atoms with Crippen molar-refractivity contribution in [2.24, 2.45) is 0 Å². The lowest BCUT2D eigenvalue weighted by Gasteiger charge is -2.28. The fourth-order valence-corrected chi connectivity index (χ4v) is 1.72. The first-order valence-electron chi connectivity index (χ1n) is 4.68. The van der Waals surface area contributed by atoms with E-state index in [0.29, 0.717) is 0 Å². The number of hydrogen-bond donors (Lipinski definition) is 0. The first kappa shape index (κ1) is 7.66. The van der Waals surface area contributed by atoms with Gasteiger partial charge in [0, 0.05) is 24.8 Å². The molecule has 0 aliphatic carbocycles. The monoisotopic (exact) mass is 160 g/mol. The summed E-state index contributed by atoms with van der Waals surface area (Å²) in [6, 6.07) is 11.5. The minimum absolute atomic E-state index is 1.21. The van der Waals surface area contributed by atoms with Gasteiger partial charge in [0.2, 0.25) is 0 Å². The van der Waals surface area contributed by atoms with E-state index in [1.54, 1.807) is 0 Å². The van der Waals surface area contributed by atoms with E-state index in [1.165, 1.54) is 38.0 Å². The van der Waals surface area contributed by atoms with Gasteiger partial charge in [0.15, 0.2) is 0 Å². The first-order chi connectivity index (χ1) is 5.97. The van der Waals surface area contributed by atoms with Gasteiger partial charge in [-0.1, -0.05) is 18.2 Å². The molecule has 1 fully saturated rings. The lowest BCUT2D eigenvalue weighted by atomic mass is 10.1. The topological polar surface area (TPSA) is 3.24 Å². The van der Waals surface area contributed by atoms with Gasteiger partial charge >= 0.3 is 0 Å².